The Morgan fingerprint density at radius 2 is 2.36 bits per heavy atom. The molecule has 2 aliphatic rings. The Labute approximate surface area is 71.6 Å². The van der Waals surface area contributed by atoms with Crippen LogP contribution < -0.4 is 5.32 Å². The van der Waals surface area contributed by atoms with E-state index in [9.17, 15) is 4.79 Å². The summed E-state index contributed by atoms with van der Waals surface area (Å²) in [6.45, 7) is 0.878. The van der Waals surface area contributed by atoms with Gasteiger partial charge >= 0.3 is 5.97 Å². The number of piperidine rings is 1. The molecule has 64 valence electrons. The summed E-state index contributed by atoms with van der Waals surface area (Å²) in [5.41, 5.74) is -0.488. The topological polar surface area (TPSA) is 49.3 Å². The Bertz CT molecular complexity index is 185. The van der Waals surface area contributed by atoms with Crippen LogP contribution in [0, 0.1) is 5.92 Å². The lowest BCUT2D eigenvalue weighted by Crippen LogP contribution is -2.44. The highest BCUT2D eigenvalue weighted by Gasteiger charge is 2.60. The van der Waals surface area contributed by atoms with Crippen molar-refractivity contribution in [2.24, 2.45) is 5.92 Å². The zero-order valence-electron chi connectivity index (χ0n) is 6.17. The van der Waals surface area contributed by atoms with Gasteiger partial charge in [0.15, 0.2) is 0 Å². The average Bonchev–Trinajstić information content (AvgIpc) is 2.61. The molecule has 0 aromatic carbocycles. The summed E-state index contributed by atoms with van der Waals surface area (Å²) in [7, 11) is 0. The highest BCUT2D eigenvalue weighted by atomic mass is 35.5. The van der Waals surface area contributed by atoms with Crippen molar-refractivity contribution in [1.29, 1.82) is 0 Å². The van der Waals surface area contributed by atoms with Crippen LogP contribution in [-0.2, 0) is 4.79 Å². The summed E-state index contributed by atoms with van der Waals surface area (Å²) >= 11 is 0. The van der Waals surface area contributed by atoms with E-state index in [1.165, 1.54) is 0 Å². The third-order valence-corrected chi connectivity index (χ3v) is 2.66. The largest absolute Gasteiger partial charge is 0.480 e. The van der Waals surface area contributed by atoms with Crippen molar-refractivity contribution in [3.63, 3.8) is 0 Å². The number of halogens is 1. The lowest BCUT2D eigenvalue weighted by atomic mass is 10.1. The van der Waals surface area contributed by atoms with Gasteiger partial charge in [-0.3, -0.25) is 4.79 Å². The molecule has 0 bridgehead atoms. The molecule has 1 saturated heterocycles. The number of hydrogen-bond donors (Lipinski definition) is 2. The van der Waals surface area contributed by atoms with E-state index in [1.54, 1.807) is 0 Å². The predicted octanol–water partition coefficient (Wildman–Crippen LogP) is 0.635. The molecule has 0 unspecified atom stereocenters. The lowest BCUT2D eigenvalue weighted by Gasteiger charge is -2.18. The Morgan fingerprint density at radius 1 is 1.64 bits per heavy atom. The first kappa shape index (κ1) is 8.81. The zero-order chi connectivity index (χ0) is 7.19. The maximum Gasteiger partial charge on any atom is 0.324 e. The first-order valence-electron chi connectivity index (χ1n) is 3.74. The molecule has 3 nitrogen and oxygen atoms in total. The van der Waals surface area contributed by atoms with Gasteiger partial charge < -0.3 is 10.4 Å². The van der Waals surface area contributed by atoms with Crippen LogP contribution in [0.15, 0.2) is 0 Å². The van der Waals surface area contributed by atoms with Crippen LogP contribution >= 0.6 is 12.4 Å². The van der Waals surface area contributed by atoms with Crippen molar-refractivity contribution in [2.75, 3.05) is 6.54 Å². The van der Waals surface area contributed by atoms with Gasteiger partial charge in [-0.2, -0.15) is 0 Å². The fraction of sp³-hybridized carbons (Fsp3) is 0.857. The second kappa shape index (κ2) is 2.64. The summed E-state index contributed by atoms with van der Waals surface area (Å²) in [4.78, 5) is 10.7. The van der Waals surface area contributed by atoms with Gasteiger partial charge in [-0.25, -0.2) is 0 Å². The van der Waals surface area contributed by atoms with Crippen LogP contribution in [0.5, 0.6) is 0 Å². The lowest BCUT2D eigenvalue weighted by molar-refractivity contribution is -0.141. The molecular weight excluding hydrogens is 166 g/mol. The summed E-state index contributed by atoms with van der Waals surface area (Å²) < 4.78 is 0. The van der Waals surface area contributed by atoms with Crippen LogP contribution in [0.3, 0.4) is 0 Å². The molecule has 2 N–H and O–H groups in total. The maximum atomic E-state index is 10.7. The van der Waals surface area contributed by atoms with Crippen LogP contribution in [0.1, 0.15) is 19.3 Å². The van der Waals surface area contributed by atoms with Gasteiger partial charge in [0, 0.05) is 0 Å². The summed E-state index contributed by atoms with van der Waals surface area (Å²) in [6, 6.07) is 0. The number of hydrogen-bond acceptors (Lipinski definition) is 2. The number of carboxylic acids is 1. The molecule has 2 atom stereocenters. The van der Waals surface area contributed by atoms with Crippen molar-refractivity contribution in [3.05, 3.63) is 0 Å². The Balaban J connectivity index is 0.000000605. The maximum absolute atomic E-state index is 10.7. The molecule has 0 amide bonds. The molecule has 1 saturated carbocycles. The van der Waals surface area contributed by atoms with Gasteiger partial charge in [0.1, 0.15) is 5.54 Å². The summed E-state index contributed by atoms with van der Waals surface area (Å²) in [5.74, 6) is -0.226. The predicted molar refractivity (Wildman–Crippen MR) is 43.0 cm³/mol. The Kier molecular flexibility index (Phi) is 2.12. The van der Waals surface area contributed by atoms with Gasteiger partial charge in [0.05, 0.1) is 0 Å². The highest BCUT2D eigenvalue weighted by Crippen LogP contribution is 2.48. The van der Waals surface area contributed by atoms with Crippen LogP contribution in [0.2, 0.25) is 0 Å². The monoisotopic (exact) mass is 177 g/mol. The van der Waals surface area contributed by atoms with E-state index in [0.29, 0.717) is 5.92 Å². The number of rotatable bonds is 1. The molecule has 0 aromatic heterocycles. The van der Waals surface area contributed by atoms with Crippen molar-refractivity contribution in [1.82, 2.24) is 5.32 Å². The molecule has 2 rings (SSSR count). The highest BCUT2D eigenvalue weighted by molar-refractivity contribution is 5.85. The van der Waals surface area contributed by atoms with Gasteiger partial charge in [-0.1, -0.05) is 0 Å². The standard InChI is InChI=1S/C7H11NO2.ClH/c9-6(10)7-4-5(7)2-1-3-8-7;/h5,8H,1-4H2,(H,9,10);1H/t5-,7+;/m1./s1. The first-order chi connectivity index (χ1) is 4.76. The molecule has 2 fully saturated rings. The van der Waals surface area contributed by atoms with E-state index in [2.05, 4.69) is 5.32 Å². The van der Waals surface area contributed by atoms with E-state index in [0.717, 1.165) is 25.8 Å². The van der Waals surface area contributed by atoms with Crippen LogP contribution in [-0.4, -0.2) is 23.2 Å². The summed E-state index contributed by atoms with van der Waals surface area (Å²) in [6.07, 6.45) is 3.08. The van der Waals surface area contributed by atoms with E-state index in [1.807, 2.05) is 0 Å². The SMILES string of the molecule is Cl.O=C(O)[C@]12C[C@H]1CCCN2. The summed E-state index contributed by atoms with van der Waals surface area (Å²) in [5, 5.41) is 11.8. The number of aliphatic carboxylic acids is 1. The molecule has 4 heteroatoms. The second-order valence-electron chi connectivity index (χ2n) is 3.25. The third kappa shape index (κ3) is 1.12. The van der Waals surface area contributed by atoms with E-state index in [4.69, 9.17) is 5.11 Å². The first-order valence-corrected chi connectivity index (χ1v) is 3.74. The minimum atomic E-state index is -0.655. The van der Waals surface area contributed by atoms with Crippen molar-refractivity contribution < 1.29 is 9.90 Å². The average molecular weight is 178 g/mol. The van der Waals surface area contributed by atoms with Crippen LogP contribution in [0.4, 0.5) is 0 Å². The number of fused-ring (bicyclic) bond motifs is 1. The molecule has 1 aliphatic heterocycles. The van der Waals surface area contributed by atoms with E-state index >= 15 is 0 Å². The van der Waals surface area contributed by atoms with Crippen LogP contribution in [0.25, 0.3) is 0 Å². The van der Waals surface area contributed by atoms with Gasteiger partial charge in [0.25, 0.3) is 0 Å². The van der Waals surface area contributed by atoms with Crippen molar-refractivity contribution >= 4 is 18.4 Å². The molecule has 1 aliphatic carbocycles. The molecule has 0 radical (unpaired) electrons. The normalized spacial score (nSPS) is 40.2. The van der Waals surface area contributed by atoms with Gasteiger partial charge in [-0.05, 0) is 31.7 Å². The fourth-order valence-electron chi connectivity index (χ4n) is 1.89. The second-order valence-corrected chi connectivity index (χ2v) is 3.25. The zero-order valence-corrected chi connectivity index (χ0v) is 6.99. The van der Waals surface area contributed by atoms with Crippen molar-refractivity contribution in [2.45, 2.75) is 24.8 Å². The smallest absolute Gasteiger partial charge is 0.324 e. The number of nitrogens with one attached hydrogen (secondary N) is 1. The molecular formula is C7H12ClNO2. The van der Waals surface area contributed by atoms with E-state index < -0.39 is 11.5 Å². The number of carbonyl (C=O) groups is 1. The Morgan fingerprint density at radius 3 is 2.82 bits per heavy atom. The van der Waals surface area contributed by atoms with E-state index in [-0.39, 0.29) is 12.4 Å². The fourth-order valence-corrected chi connectivity index (χ4v) is 1.89. The van der Waals surface area contributed by atoms with Crippen molar-refractivity contribution in [3.8, 4) is 0 Å². The minimum absolute atomic E-state index is 0. The molecule has 11 heavy (non-hydrogen) atoms. The molecule has 1 heterocycles. The quantitative estimate of drug-likeness (QED) is 0.618. The minimum Gasteiger partial charge on any atom is -0.480 e. The Hall–Kier alpha value is -0.280. The number of carboxylic acid groups (broad SMARTS) is 1. The van der Waals surface area contributed by atoms with Gasteiger partial charge in [-0.15, -0.1) is 12.4 Å². The van der Waals surface area contributed by atoms with Gasteiger partial charge in [0.2, 0.25) is 0 Å². The molecule has 0 aromatic rings. The molecule has 0 spiro atoms. The third-order valence-electron chi connectivity index (χ3n) is 2.66.